The highest BCUT2D eigenvalue weighted by Gasteiger charge is 2.15. The lowest BCUT2D eigenvalue weighted by molar-refractivity contribution is -0.384. The second-order valence-electron chi connectivity index (χ2n) is 6.36. The van der Waals surface area contributed by atoms with Crippen molar-refractivity contribution >= 4 is 29.0 Å². The molecule has 0 fully saturated rings. The Morgan fingerprint density at radius 2 is 1.86 bits per heavy atom. The van der Waals surface area contributed by atoms with Gasteiger partial charge in [0.2, 0.25) is 5.91 Å². The Morgan fingerprint density at radius 3 is 2.52 bits per heavy atom. The first kappa shape index (κ1) is 20.6. The average Bonchev–Trinajstić information content (AvgIpc) is 3.19. The third kappa shape index (κ3) is 4.83. The molecule has 0 unspecified atom stereocenters. The van der Waals surface area contributed by atoms with Crippen LogP contribution in [0.5, 0.6) is 0 Å². The number of thioether (sulfide) groups is 1. The number of amides is 1. The summed E-state index contributed by atoms with van der Waals surface area (Å²) in [6.45, 7) is 4.24. The van der Waals surface area contributed by atoms with Crippen LogP contribution in [0.2, 0.25) is 0 Å². The van der Waals surface area contributed by atoms with Crippen molar-refractivity contribution in [2.45, 2.75) is 31.8 Å². The Labute approximate surface area is 173 Å². The van der Waals surface area contributed by atoms with Crippen molar-refractivity contribution in [1.82, 2.24) is 9.55 Å². The van der Waals surface area contributed by atoms with Gasteiger partial charge in [-0.05, 0) is 30.0 Å². The third-order valence-electron chi connectivity index (χ3n) is 4.49. The van der Waals surface area contributed by atoms with Gasteiger partial charge in [0.1, 0.15) is 0 Å². The van der Waals surface area contributed by atoms with Crippen molar-refractivity contribution in [1.29, 1.82) is 0 Å². The number of para-hydroxylation sites is 1. The van der Waals surface area contributed by atoms with E-state index in [2.05, 4.69) is 42.3 Å². The van der Waals surface area contributed by atoms with Crippen LogP contribution < -0.4 is 5.32 Å². The molecule has 1 aromatic heterocycles. The van der Waals surface area contributed by atoms with Crippen LogP contribution in [0.15, 0.2) is 60.0 Å². The summed E-state index contributed by atoms with van der Waals surface area (Å²) < 4.78 is 2.03. The Morgan fingerprint density at radius 1 is 1.17 bits per heavy atom. The summed E-state index contributed by atoms with van der Waals surface area (Å²) >= 11 is 1.33. The van der Waals surface area contributed by atoms with Crippen LogP contribution in [0.4, 0.5) is 11.4 Å². The summed E-state index contributed by atoms with van der Waals surface area (Å²) in [6.07, 6.45) is 5.44. The molecule has 1 amide bonds. The van der Waals surface area contributed by atoms with Crippen LogP contribution in [0, 0.1) is 10.1 Å². The van der Waals surface area contributed by atoms with E-state index in [0.717, 1.165) is 23.7 Å². The minimum Gasteiger partial charge on any atom is -0.325 e. The molecule has 1 N–H and O–H groups in total. The van der Waals surface area contributed by atoms with Crippen LogP contribution >= 0.6 is 11.8 Å². The summed E-state index contributed by atoms with van der Waals surface area (Å²) in [7, 11) is 0. The maximum atomic E-state index is 12.3. The van der Waals surface area contributed by atoms with Crippen molar-refractivity contribution in [3.8, 4) is 5.69 Å². The number of aromatic nitrogens is 2. The van der Waals surface area contributed by atoms with E-state index in [9.17, 15) is 14.9 Å². The van der Waals surface area contributed by atoms with E-state index in [0.29, 0.717) is 5.69 Å². The lowest BCUT2D eigenvalue weighted by Crippen LogP contribution is -2.15. The normalized spacial score (nSPS) is 10.7. The number of benzene rings is 2. The molecule has 3 aromatic rings. The highest BCUT2D eigenvalue weighted by molar-refractivity contribution is 7.99. The molecule has 0 radical (unpaired) electrons. The predicted molar refractivity (Wildman–Crippen MR) is 115 cm³/mol. The minimum absolute atomic E-state index is 0.0609. The number of carbonyl (C=O) groups is 1. The molecular weight excluding hydrogens is 388 g/mol. The molecule has 0 aliphatic rings. The van der Waals surface area contributed by atoms with E-state index in [1.165, 1.54) is 35.0 Å². The van der Waals surface area contributed by atoms with E-state index in [1.807, 2.05) is 10.8 Å². The number of hydrogen-bond acceptors (Lipinski definition) is 5. The van der Waals surface area contributed by atoms with Gasteiger partial charge < -0.3 is 5.32 Å². The second kappa shape index (κ2) is 9.38. The van der Waals surface area contributed by atoms with Gasteiger partial charge in [-0.15, -0.1) is 0 Å². The molecule has 0 aliphatic carbocycles. The van der Waals surface area contributed by atoms with Gasteiger partial charge in [0.15, 0.2) is 5.16 Å². The third-order valence-corrected chi connectivity index (χ3v) is 5.45. The van der Waals surface area contributed by atoms with Crippen molar-refractivity contribution in [2.24, 2.45) is 0 Å². The fraction of sp³-hybridized carbons (Fsp3) is 0.238. The molecule has 2 aromatic carbocycles. The van der Waals surface area contributed by atoms with Crippen molar-refractivity contribution in [2.75, 3.05) is 11.1 Å². The number of carbonyl (C=O) groups excluding carboxylic acids is 1. The van der Waals surface area contributed by atoms with Crippen LogP contribution in [0.25, 0.3) is 5.69 Å². The van der Waals surface area contributed by atoms with Gasteiger partial charge >= 0.3 is 0 Å². The standard InChI is InChI=1S/C21H22N4O3S/c1-3-15-7-5-8-16(4-2)20(15)24-12-11-22-21(24)29-14-19(26)23-17-9-6-10-18(13-17)25(27)28/h5-13H,3-4,14H2,1-2H3,(H,23,26). The zero-order chi connectivity index (χ0) is 20.8. The maximum Gasteiger partial charge on any atom is 0.271 e. The van der Waals surface area contributed by atoms with Gasteiger partial charge in [-0.2, -0.15) is 0 Å². The largest absolute Gasteiger partial charge is 0.325 e. The van der Waals surface area contributed by atoms with Gasteiger partial charge in [-0.1, -0.05) is 49.9 Å². The van der Waals surface area contributed by atoms with Crippen LogP contribution in [-0.2, 0) is 17.6 Å². The number of nitrogens with one attached hydrogen (secondary N) is 1. The molecule has 0 spiro atoms. The number of anilines is 1. The topological polar surface area (TPSA) is 90.1 Å². The Bertz CT molecular complexity index is 1010. The van der Waals surface area contributed by atoms with Gasteiger partial charge in [0.05, 0.1) is 16.4 Å². The fourth-order valence-electron chi connectivity index (χ4n) is 3.12. The Kier molecular flexibility index (Phi) is 6.66. The van der Waals surface area contributed by atoms with Crippen molar-refractivity contribution in [3.63, 3.8) is 0 Å². The lowest BCUT2D eigenvalue weighted by Gasteiger charge is -2.16. The first-order valence-electron chi connectivity index (χ1n) is 9.35. The molecule has 3 rings (SSSR count). The number of hydrogen-bond donors (Lipinski definition) is 1. The second-order valence-corrected chi connectivity index (χ2v) is 7.30. The summed E-state index contributed by atoms with van der Waals surface area (Å²) in [5, 5.41) is 14.3. The predicted octanol–water partition coefficient (Wildman–Crippen LogP) is 4.64. The van der Waals surface area contributed by atoms with Crippen molar-refractivity contribution in [3.05, 3.63) is 76.1 Å². The monoisotopic (exact) mass is 410 g/mol. The van der Waals surface area contributed by atoms with E-state index < -0.39 is 4.92 Å². The molecule has 0 saturated carbocycles. The molecule has 150 valence electrons. The molecule has 0 atom stereocenters. The van der Waals surface area contributed by atoms with E-state index >= 15 is 0 Å². The Hall–Kier alpha value is -3.13. The highest BCUT2D eigenvalue weighted by atomic mass is 32.2. The summed E-state index contributed by atoms with van der Waals surface area (Å²) in [4.78, 5) is 27.1. The lowest BCUT2D eigenvalue weighted by atomic mass is 10.0. The minimum atomic E-state index is -0.488. The van der Waals surface area contributed by atoms with E-state index in [1.54, 1.807) is 18.3 Å². The molecule has 1 heterocycles. The molecule has 0 aliphatic heterocycles. The molecule has 8 heteroatoms. The number of nitro groups is 1. The number of imidazole rings is 1. The molecule has 0 bridgehead atoms. The summed E-state index contributed by atoms with van der Waals surface area (Å²) in [5.74, 6) is -0.0975. The zero-order valence-electron chi connectivity index (χ0n) is 16.3. The maximum absolute atomic E-state index is 12.3. The van der Waals surface area contributed by atoms with Gasteiger partial charge in [0, 0.05) is 30.2 Å². The Balaban J connectivity index is 1.74. The zero-order valence-corrected chi connectivity index (χ0v) is 17.1. The first-order valence-corrected chi connectivity index (χ1v) is 10.3. The molecule has 7 nitrogen and oxygen atoms in total. The van der Waals surface area contributed by atoms with Gasteiger partial charge in [0.25, 0.3) is 5.69 Å². The number of aryl methyl sites for hydroxylation is 2. The van der Waals surface area contributed by atoms with Crippen LogP contribution in [-0.4, -0.2) is 26.1 Å². The smallest absolute Gasteiger partial charge is 0.271 e. The fourth-order valence-corrected chi connectivity index (χ4v) is 3.87. The highest BCUT2D eigenvalue weighted by Crippen LogP contribution is 2.27. The average molecular weight is 410 g/mol. The van der Waals surface area contributed by atoms with Crippen molar-refractivity contribution < 1.29 is 9.72 Å². The van der Waals surface area contributed by atoms with Crippen LogP contribution in [0.1, 0.15) is 25.0 Å². The van der Waals surface area contributed by atoms with E-state index in [4.69, 9.17) is 0 Å². The number of nitrogens with zero attached hydrogens (tertiary/aromatic N) is 3. The first-order chi connectivity index (χ1) is 14.0. The van der Waals surface area contributed by atoms with Gasteiger partial charge in [-0.3, -0.25) is 19.5 Å². The van der Waals surface area contributed by atoms with Gasteiger partial charge in [-0.25, -0.2) is 4.98 Å². The van der Waals surface area contributed by atoms with Crippen LogP contribution in [0.3, 0.4) is 0 Å². The summed E-state index contributed by atoms with van der Waals surface area (Å²) in [5.41, 5.74) is 3.92. The SMILES string of the molecule is CCc1cccc(CC)c1-n1ccnc1SCC(=O)Nc1cccc([N+](=O)[O-])c1. The molecule has 29 heavy (non-hydrogen) atoms. The quantitative estimate of drug-likeness (QED) is 0.332. The molecular formula is C21H22N4O3S. The number of rotatable bonds is 8. The number of non-ortho nitro benzene ring substituents is 1. The molecule has 0 saturated heterocycles. The van der Waals surface area contributed by atoms with E-state index in [-0.39, 0.29) is 17.3 Å². The number of nitro benzene ring substituents is 1. The summed E-state index contributed by atoms with van der Waals surface area (Å²) in [6, 6.07) is 12.2.